The predicted octanol–water partition coefficient (Wildman–Crippen LogP) is 2.34. The zero-order valence-corrected chi connectivity index (χ0v) is 12.2. The molecular weight excluding hydrogens is 313 g/mol. The minimum atomic E-state index is -4.08. The zero-order chi connectivity index (χ0) is 16.5. The van der Waals surface area contributed by atoms with Gasteiger partial charge in [0.1, 0.15) is 0 Å². The molecule has 0 saturated heterocycles. The predicted molar refractivity (Wildman–Crippen MR) is 77.0 cm³/mol. The van der Waals surface area contributed by atoms with E-state index in [4.69, 9.17) is 5.11 Å². The number of nitrogens with one attached hydrogen (secondary N) is 1. The number of aryl methyl sites for hydroxylation is 1. The van der Waals surface area contributed by atoms with Crippen LogP contribution in [0.15, 0.2) is 41.3 Å². The lowest BCUT2D eigenvalue weighted by molar-refractivity contribution is 0.0697. The third-order valence-electron chi connectivity index (χ3n) is 2.89. The van der Waals surface area contributed by atoms with Gasteiger partial charge in [0, 0.05) is 6.07 Å². The monoisotopic (exact) mass is 325 g/mol. The fraction of sp³-hybridized carbons (Fsp3) is 0.0714. The fourth-order valence-corrected chi connectivity index (χ4v) is 2.81. The molecule has 116 valence electrons. The second-order valence-corrected chi connectivity index (χ2v) is 6.26. The lowest BCUT2D eigenvalue weighted by Crippen LogP contribution is -2.16. The van der Waals surface area contributed by atoms with Gasteiger partial charge in [-0.15, -0.1) is 0 Å². The molecular formula is C14H12FNO5S. The summed E-state index contributed by atoms with van der Waals surface area (Å²) in [4.78, 5) is 11.0. The van der Waals surface area contributed by atoms with Gasteiger partial charge in [-0.3, -0.25) is 4.72 Å². The number of anilines is 1. The van der Waals surface area contributed by atoms with Crippen LogP contribution >= 0.6 is 0 Å². The molecule has 2 aromatic rings. The Kier molecular flexibility index (Phi) is 4.05. The summed E-state index contributed by atoms with van der Waals surface area (Å²) in [5.41, 5.74) is -0.182. The van der Waals surface area contributed by atoms with E-state index in [1.165, 1.54) is 12.1 Å². The van der Waals surface area contributed by atoms with Crippen LogP contribution < -0.4 is 4.72 Å². The first-order valence-corrected chi connectivity index (χ1v) is 7.54. The van der Waals surface area contributed by atoms with Gasteiger partial charge in [0.2, 0.25) is 0 Å². The van der Waals surface area contributed by atoms with Crippen molar-refractivity contribution >= 4 is 21.7 Å². The summed E-state index contributed by atoms with van der Waals surface area (Å²) in [6, 6.07) is 7.09. The minimum absolute atomic E-state index is 0.0945. The number of phenols is 1. The molecule has 0 atom stereocenters. The number of carboxylic acids is 1. The Hall–Kier alpha value is -2.61. The number of phenolic OH excluding ortho intramolecular Hbond substituents is 1. The van der Waals surface area contributed by atoms with Crippen LogP contribution in [-0.4, -0.2) is 24.6 Å². The number of hydrogen-bond donors (Lipinski definition) is 3. The van der Waals surface area contributed by atoms with E-state index in [1.54, 1.807) is 19.1 Å². The first-order chi connectivity index (χ1) is 10.2. The highest BCUT2D eigenvalue weighted by molar-refractivity contribution is 7.92. The maximum absolute atomic E-state index is 13.4. The standard InChI is InChI=1S/C14H12FNO5S/c1-8-2-4-9(5-3-8)22(20,21)16-12-7-11(15)13(17)6-10(12)14(18)19/h2-7,16-17H,1H3,(H,18,19). The van der Waals surface area contributed by atoms with Gasteiger partial charge in [-0.1, -0.05) is 17.7 Å². The Balaban J connectivity index is 2.47. The molecule has 0 heterocycles. The molecule has 0 amide bonds. The Morgan fingerprint density at radius 2 is 1.77 bits per heavy atom. The van der Waals surface area contributed by atoms with Crippen LogP contribution in [0.3, 0.4) is 0 Å². The van der Waals surface area contributed by atoms with Crippen molar-refractivity contribution < 1.29 is 27.8 Å². The number of benzene rings is 2. The van der Waals surface area contributed by atoms with Crippen molar-refractivity contribution in [3.05, 3.63) is 53.3 Å². The Morgan fingerprint density at radius 1 is 1.18 bits per heavy atom. The summed E-state index contributed by atoms with van der Waals surface area (Å²) < 4.78 is 39.8. The van der Waals surface area contributed by atoms with Crippen LogP contribution in [0.4, 0.5) is 10.1 Å². The van der Waals surface area contributed by atoms with E-state index in [2.05, 4.69) is 0 Å². The number of carboxylic acid groups (broad SMARTS) is 1. The van der Waals surface area contributed by atoms with Gasteiger partial charge in [0.15, 0.2) is 11.6 Å². The third kappa shape index (κ3) is 3.17. The van der Waals surface area contributed by atoms with Crippen molar-refractivity contribution in [1.29, 1.82) is 0 Å². The van der Waals surface area contributed by atoms with Crippen molar-refractivity contribution in [2.75, 3.05) is 4.72 Å². The first-order valence-electron chi connectivity index (χ1n) is 6.06. The second kappa shape index (κ2) is 5.64. The fourth-order valence-electron chi connectivity index (χ4n) is 1.74. The van der Waals surface area contributed by atoms with Crippen LogP contribution in [-0.2, 0) is 10.0 Å². The lowest BCUT2D eigenvalue weighted by atomic mass is 10.1. The lowest BCUT2D eigenvalue weighted by Gasteiger charge is -2.11. The molecule has 22 heavy (non-hydrogen) atoms. The van der Waals surface area contributed by atoms with Crippen LogP contribution in [0, 0.1) is 12.7 Å². The summed E-state index contributed by atoms with van der Waals surface area (Å²) in [7, 11) is -4.08. The van der Waals surface area contributed by atoms with E-state index >= 15 is 0 Å². The van der Waals surface area contributed by atoms with Crippen molar-refractivity contribution in [3.63, 3.8) is 0 Å². The summed E-state index contributed by atoms with van der Waals surface area (Å²) in [5, 5.41) is 18.2. The SMILES string of the molecule is Cc1ccc(S(=O)(=O)Nc2cc(F)c(O)cc2C(=O)O)cc1. The van der Waals surface area contributed by atoms with Crippen LogP contribution in [0.5, 0.6) is 5.75 Å². The highest BCUT2D eigenvalue weighted by atomic mass is 32.2. The van der Waals surface area contributed by atoms with Crippen LogP contribution in [0.25, 0.3) is 0 Å². The topological polar surface area (TPSA) is 104 Å². The maximum atomic E-state index is 13.4. The van der Waals surface area contributed by atoms with Crippen molar-refractivity contribution in [2.24, 2.45) is 0 Å². The molecule has 0 aliphatic carbocycles. The minimum Gasteiger partial charge on any atom is -0.505 e. The summed E-state index contributed by atoms with van der Waals surface area (Å²) >= 11 is 0. The summed E-state index contributed by atoms with van der Waals surface area (Å²) in [5.74, 6) is -3.51. The molecule has 0 unspecified atom stereocenters. The van der Waals surface area contributed by atoms with Gasteiger partial charge < -0.3 is 10.2 Å². The molecule has 0 aliphatic heterocycles. The average Bonchev–Trinajstić information content (AvgIpc) is 2.42. The molecule has 2 rings (SSSR count). The van der Waals surface area contributed by atoms with Gasteiger partial charge >= 0.3 is 5.97 Å². The van der Waals surface area contributed by atoms with Gasteiger partial charge in [0.25, 0.3) is 10.0 Å². The van der Waals surface area contributed by atoms with E-state index in [9.17, 15) is 22.7 Å². The second-order valence-electron chi connectivity index (χ2n) is 4.57. The van der Waals surface area contributed by atoms with Gasteiger partial charge in [-0.2, -0.15) is 0 Å². The van der Waals surface area contributed by atoms with E-state index in [0.29, 0.717) is 12.1 Å². The first kappa shape index (κ1) is 15.8. The number of rotatable bonds is 4. The molecule has 0 aliphatic rings. The van der Waals surface area contributed by atoms with E-state index < -0.39 is 38.8 Å². The summed E-state index contributed by atoms with van der Waals surface area (Å²) in [6.07, 6.45) is 0. The number of aromatic hydroxyl groups is 1. The number of halogens is 1. The highest BCUT2D eigenvalue weighted by Crippen LogP contribution is 2.27. The number of hydrogen-bond acceptors (Lipinski definition) is 4. The highest BCUT2D eigenvalue weighted by Gasteiger charge is 2.20. The molecule has 2 aromatic carbocycles. The molecule has 3 N–H and O–H groups in total. The largest absolute Gasteiger partial charge is 0.505 e. The van der Waals surface area contributed by atoms with Crippen LogP contribution in [0.2, 0.25) is 0 Å². The number of aromatic carboxylic acids is 1. The van der Waals surface area contributed by atoms with Crippen LogP contribution in [0.1, 0.15) is 15.9 Å². The Morgan fingerprint density at radius 3 is 2.32 bits per heavy atom. The Bertz CT molecular complexity index is 831. The Labute approximate surface area is 125 Å². The molecule has 6 nitrogen and oxygen atoms in total. The zero-order valence-electron chi connectivity index (χ0n) is 11.4. The average molecular weight is 325 g/mol. The number of sulfonamides is 1. The van der Waals surface area contributed by atoms with Crippen molar-refractivity contribution in [2.45, 2.75) is 11.8 Å². The number of carbonyl (C=O) groups is 1. The third-order valence-corrected chi connectivity index (χ3v) is 4.27. The summed E-state index contributed by atoms with van der Waals surface area (Å²) in [6.45, 7) is 1.78. The van der Waals surface area contributed by atoms with Crippen molar-refractivity contribution in [1.82, 2.24) is 0 Å². The normalized spacial score (nSPS) is 11.2. The van der Waals surface area contributed by atoms with Gasteiger partial charge in [-0.05, 0) is 25.1 Å². The molecule has 8 heteroatoms. The smallest absolute Gasteiger partial charge is 0.337 e. The molecule has 0 fully saturated rings. The quantitative estimate of drug-likeness (QED) is 0.749. The van der Waals surface area contributed by atoms with E-state index in [-0.39, 0.29) is 4.90 Å². The molecule has 0 bridgehead atoms. The van der Waals surface area contributed by atoms with E-state index in [1.807, 2.05) is 4.72 Å². The van der Waals surface area contributed by atoms with Crippen molar-refractivity contribution in [3.8, 4) is 5.75 Å². The maximum Gasteiger partial charge on any atom is 0.337 e. The van der Waals surface area contributed by atoms with Gasteiger partial charge in [0.05, 0.1) is 16.1 Å². The molecule has 0 aromatic heterocycles. The molecule has 0 radical (unpaired) electrons. The van der Waals surface area contributed by atoms with Gasteiger partial charge in [-0.25, -0.2) is 17.6 Å². The van der Waals surface area contributed by atoms with E-state index in [0.717, 1.165) is 5.56 Å². The molecule has 0 spiro atoms. The molecule has 0 saturated carbocycles.